The highest BCUT2D eigenvalue weighted by Gasteiger charge is 2.68. The second kappa shape index (κ2) is 7.86. The minimum absolute atomic E-state index is 0.423. The van der Waals surface area contributed by atoms with E-state index in [1.54, 1.807) is 4.81 Å². The van der Waals surface area contributed by atoms with E-state index in [1.165, 1.54) is 0 Å². The van der Waals surface area contributed by atoms with Crippen molar-refractivity contribution in [3.8, 4) is 6.07 Å². The third-order valence-electron chi connectivity index (χ3n) is 6.88. The van der Waals surface area contributed by atoms with Crippen LogP contribution in [0.1, 0.15) is 11.1 Å². The maximum absolute atomic E-state index is 10.5. The first kappa shape index (κ1) is 20.2. The van der Waals surface area contributed by atoms with E-state index in [4.69, 9.17) is 10.5 Å². The first-order valence-corrected chi connectivity index (χ1v) is 11.4. The lowest BCUT2D eigenvalue weighted by atomic mass is 9.71. The number of nitrogens with zero attached hydrogens (tertiary/aromatic N) is 5. The Kier molecular flexibility index (Phi) is 4.67. The highest BCUT2D eigenvalue weighted by Crippen LogP contribution is 2.64. The summed E-state index contributed by atoms with van der Waals surface area (Å²) in [5.74, 6) is -0.423. The Morgan fingerprint density at radius 2 is 1.29 bits per heavy atom. The van der Waals surface area contributed by atoms with Gasteiger partial charge in [0.25, 0.3) is 0 Å². The summed E-state index contributed by atoms with van der Waals surface area (Å²) in [6.07, 6.45) is 0. The van der Waals surface area contributed by atoms with Crippen molar-refractivity contribution >= 4 is 11.4 Å². The Hall–Kier alpha value is -4.43. The summed E-state index contributed by atoms with van der Waals surface area (Å²) < 4.78 is 0. The van der Waals surface area contributed by atoms with Crippen LogP contribution in [-0.2, 0) is 11.2 Å². The summed E-state index contributed by atoms with van der Waals surface area (Å²) in [5.41, 5.74) is 7.36. The molecule has 0 aliphatic carbocycles. The van der Waals surface area contributed by atoms with Crippen LogP contribution in [0, 0.1) is 17.2 Å². The van der Waals surface area contributed by atoms with E-state index in [0.29, 0.717) is 6.54 Å². The van der Waals surface area contributed by atoms with E-state index < -0.39 is 17.1 Å². The molecule has 0 saturated carbocycles. The molecule has 164 valence electrons. The number of rotatable bonds is 4. The van der Waals surface area contributed by atoms with Gasteiger partial charge in [0.1, 0.15) is 11.2 Å². The first-order chi connectivity index (χ1) is 16.8. The van der Waals surface area contributed by atoms with Crippen molar-refractivity contribution in [3.05, 3.63) is 138 Å². The molecule has 1 saturated heterocycles. The van der Waals surface area contributed by atoms with Gasteiger partial charge in [0.15, 0.2) is 0 Å². The van der Waals surface area contributed by atoms with Crippen LogP contribution in [0.25, 0.3) is 5.43 Å². The molecule has 5 nitrogen and oxygen atoms in total. The predicted molar refractivity (Wildman–Crippen MR) is 131 cm³/mol. The molecule has 6 rings (SSSR count). The molecule has 0 aromatic heterocycles. The first-order valence-electron chi connectivity index (χ1n) is 11.4. The monoisotopic (exact) mass is 441 g/mol. The van der Waals surface area contributed by atoms with Gasteiger partial charge in [-0.15, -0.1) is 4.81 Å². The average molecular weight is 442 g/mol. The van der Waals surface area contributed by atoms with Gasteiger partial charge >= 0.3 is 0 Å². The Morgan fingerprint density at radius 1 is 0.765 bits per heavy atom. The normalized spacial score (nSPS) is 25.2. The van der Waals surface area contributed by atoms with Crippen molar-refractivity contribution in [2.24, 2.45) is 11.0 Å². The fraction of sp³-hybridized carbons (Fsp3) is 0.138. The van der Waals surface area contributed by atoms with Gasteiger partial charge in [-0.1, -0.05) is 97.1 Å². The fourth-order valence-corrected chi connectivity index (χ4v) is 5.44. The van der Waals surface area contributed by atoms with Crippen molar-refractivity contribution in [1.82, 2.24) is 0 Å². The van der Waals surface area contributed by atoms with Crippen molar-refractivity contribution in [3.63, 3.8) is 0 Å². The van der Waals surface area contributed by atoms with E-state index >= 15 is 0 Å². The predicted octanol–water partition coefficient (Wildman–Crippen LogP) is 6.49. The lowest BCUT2D eigenvalue weighted by molar-refractivity contribution is -0.458. The lowest BCUT2D eigenvalue weighted by Crippen LogP contribution is -2.51. The largest absolute Gasteiger partial charge is 0.355 e. The molecule has 0 bridgehead atoms. The van der Waals surface area contributed by atoms with E-state index in [1.807, 2.05) is 84.9 Å². The molecule has 1 fully saturated rings. The minimum atomic E-state index is -0.937. The zero-order chi connectivity index (χ0) is 23.0. The van der Waals surface area contributed by atoms with Crippen molar-refractivity contribution in [2.45, 2.75) is 11.2 Å². The number of azo groups is 1. The number of hydrogen-bond acceptors (Lipinski definition) is 3. The van der Waals surface area contributed by atoms with Gasteiger partial charge < -0.3 is 4.90 Å². The molecule has 0 spiro atoms. The molecule has 2 aliphatic heterocycles. The Labute approximate surface area is 199 Å². The molecule has 2 aliphatic rings. The molecule has 4 aromatic rings. The quantitative estimate of drug-likeness (QED) is 0.340. The maximum atomic E-state index is 10.5. The summed E-state index contributed by atoms with van der Waals surface area (Å²) in [5, 5.41) is 15.8. The zero-order valence-electron chi connectivity index (χ0n) is 18.6. The molecule has 5 heteroatoms. The molecule has 4 aromatic carbocycles. The standard InChI is InChI=1S/C29H23N5/c30-21-25-22-33(26-17-9-3-10-18-26)29(24-15-7-2-8-16-24)28(25,23-13-5-1-6-14-23)31-34(32-29)27-19-11-4-12-20-27/h1-20,25H,22H2/t25-,28?,29?/m1/s1. The van der Waals surface area contributed by atoms with Crippen LogP contribution in [0.4, 0.5) is 11.4 Å². The number of nitriles is 1. The van der Waals surface area contributed by atoms with Gasteiger partial charge in [-0.3, -0.25) is 0 Å². The van der Waals surface area contributed by atoms with Crippen LogP contribution in [0.3, 0.4) is 0 Å². The summed E-state index contributed by atoms with van der Waals surface area (Å²) in [7, 11) is 0. The average Bonchev–Trinajstić information content (AvgIpc) is 3.42. The number of para-hydroxylation sites is 2. The van der Waals surface area contributed by atoms with Crippen molar-refractivity contribution in [2.75, 3.05) is 11.4 Å². The van der Waals surface area contributed by atoms with Gasteiger partial charge in [-0.2, -0.15) is 15.8 Å². The molecule has 0 N–H and O–H groups in total. The third kappa shape index (κ3) is 2.72. The highest BCUT2D eigenvalue weighted by molar-refractivity contribution is 5.62. The molecule has 0 radical (unpaired) electrons. The van der Waals surface area contributed by atoms with Crippen molar-refractivity contribution < 1.29 is 4.81 Å². The van der Waals surface area contributed by atoms with Crippen LogP contribution >= 0.6 is 0 Å². The second-order valence-corrected chi connectivity index (χ2v) is 8.62. The summed E-state index contributed by atoms with van der Waals surface area (Å²) in [6, 6.07) is 43.2. The van der Waals surface area contributed by atoms with Crippen LogP contribution in [0.2, 0.25) is 0 Å². The Morgan fingerprint density at radius 3 is 1.88 bits per heavy atom. The minimum Gasteiger partial charge on any atom is -0.355 e. The molecule has 34 heavy (non-hydrogen) atoms. The van der Waals surface area contributed by atoms with Gasteiger partial charge in [-0.05, 0) is 23.3 Å². The smallest absolute Gasteiger partial charge is 0.225 e. The third-order valence-corrected chi connectivity index (χ3v) is 6.88. The fourth-order valence-electron chi connectivity index (χ4n) is 5.44. The van der Waals surface area contributed by atoms with E-state index in [2.05, 4.69) is 47.4 Å². The second-order valence-electron chi connectivity index (χ2n) is 8.62. The van der Waals surface area contributed by atoms with Crippen LogP contribution in [-0.4, -0.2) is 11.4 Å². The van der Waals surface area contributed by atoms with Crippen LogP contribution in [0.5, 0.6) is 0 Å². The molecule has 3 atom stereocenters. The van der Waals surface area contributed by atoms with E-state index in [9.17, 15) is 5.26 Å². The van der Waals surface area contributed by atoms with Gasteiger partial charge in [0.2, 0.25) is 5.69 Å². The summed E-state index contributed by atoms with van der Waals surface area (Å²) in [6.45, 7) is 0.514. The molecule has 2 unspecified atom stereocenters. The summed E-state index contributed by atoms with van der Waals surface area (Å²) >= 11 is 0. The molecule has 0 amide bonds. The Bertz CT molecular complexity index is 1370. The molecular formula is C29H23N5. The van der Waals surface area contributed by atoms with Gasteiger partial charge in [-0.25, -0.2) is 0 Å². The van der Waals surface area contributed by atoms with Crippen LogP contribution in [0.15, 0.2) is 126 Å². The summed E-state index contributed by atoms with van der Waals surface area (Å²) in [4.78, 5) is 4.00. The lowest BCUT2D eigenvalue weighted by Gasteiger charge is -2.46. The number of fused-ring (bicyclic) bond motifs is 1. The van der Waals surface area contributed by atoms with Crippen molar-refractivity contribution in [1.29, 1.82) is 5.26 Å². The van der Waals surface area contributed by atoms with Gasteiger partial charge in [0, 0.05) is 24.4 Å². The highest BCUT2D eigenvalue weighted by atomic mass is 15.7. The SMILES string of the molecule is N#C[C@@H]1CN(c2ccccc2)C2(c3ccccc3)[N-][N+](c3ccccc3)=NC12c1ccccc1. The van der Waals surface area contributed by atoms with E-state index in [0.717, 1.165) is 22.5 Å². The Balaban J connectivity index is 1.70. The zero-order valence-corrected chi connectivity index (χ0v) is 18.6. The molecular weight excluding hydrogens is 418 g/mol. The number of hydrogen-bond donors (Lipinski definition) is 0. The van der Waals surface area contributed by atoms with Crippen LogP contribution < -0.4 is 4.90 Å². The van der Waals surface area contributed by atoms with E-state index in [-0.39, 0.29) is 0 Å². The topological polar surface area (TPSA) is 56.5 Å². The van der Waals surface area contributed by atoms with Gasteiger partial charge in [0.05, 0.1) is 12.0 Å². The number of benzene rings is 4. The maximum Gasteiger partial charge on any atom is 0.225 e. The number of anilines is 1. The molecule has 2 heterocycles.